The Labute approximate surface area is 174 Å². The molecular formula is C21H25N7O2. The number of hydrogen-bond donors (Lipinski definition) is 1. The van der Waals surface area contributed by atoms with E-state index in [2.05, 4.69) is 30.2 Å². The Morgan fingerprint density at radius 2 is 1.73 bits per heavy atom. The fourth-order valence-electron chi connectivity index (χ4n) is 3.65. The predicted molar refractivity (Wildman–Crippen MR) is 115 cm³/mol. The van der Waals surface area contributed by atoms with Crippen molar-refractivity contribution in [3.8, 4) is 0 Å². The molecule has 0 bridgehead atoms. The Morgan fingerprint density at radius 3 is 2.43 bits per heavy atom. The molecule has 1 aromatic carbocycles. The molecule has 1 N–H and O–H groups in total. The zero-order valence-corrected chi connectivity index (χ0v) is 17.0. The molecule has 4 rings (SSSR count). The van der Waals surface area contributed by atoms with Gasteiger partial charge >= 0.3 is 0 Å². The first kappa shape index (κ1) is 20.0. The molecule has 1 aliphatic rings. The number of piperazine rings is 1. The van der Waals surface area contributed by atoms with E-state index in [9.17, 15) is 9.59 Å². The SMILES string of the molecule is CCn1nc(C(=O)NCCN2CCN(c3ncccn3)CC2)c2ccccc2c1=O. The Hall–Kier alpha value is -3.33. The summed E-state index contributed by atoms with van der Waals surface area (Å²) >= 11 is 0. The van der Waals surface area contributed by atoms with E-state index in [1.165, 1.54) is 4.68 Å². The number of anilines is 1. The Kier molecular flexibility index (Phi) is 5.99. The molecule has 30 heavy (non-hydrogen) atoms. The molecule has 3 aromatic rings. The molecule has 9 nitrogen and oxygen atoms in total. The number of aryl methyl sites for hydroxylation is 1. The summed E-state index contributed by atoms with van der Waals surface area (Å²) in [4.78, 5) is 38.3. The lowest BCUT2D eigenvalue weighted by Crippen LogP contribution is -2.49. The number of hydrogen-bond acceptors (Lipinski definition) is 7. The maximum atomic E-state index is 12.8. The molecule has 1 amide bonds. The van der Waals surface area contributed by atoms with Gasteiger partial charge in [0.1, 0.15) is 0 Å². The first-order valence-electron chi connectivity index (χ1n) is 10.2. The summed E-state index contributed by atoms with van der Waals surface area (Å²) < 4.78 is 1.34. The molecular weight excluding hydrogens is 382 g/mol. The van der Waals surface area contributed by atoms with E-state index in [0.29, 0.717) is 23.9 Å². The molecule has 2 aromatic heterocycles. The van der Waals surface area contributed by atoms with Crippen LogP contribution in [0.15, 0.2) is 47.5 Å². The van der Waals surface area contributed by atoms with Gasteiger partial charge in [0, 0.05) is 63.6 Å². The number of nitrogens with one attached hydrogen (secondary N) is 1. The van der Waals surface area contributed by atoms with Crippen LogP contribution in [0.5, 0.6) is 0 Å². The molecule has 0 radical (unpaired) electrons. The molecule has 0 spiro atoms. The van der Waals surface area contributed by atoms with Crippen molar-refractivity contribution in [2.24, 2.45) is 0 Å². The zero-order valence-electron chi connectivity index (χ0n) is 17.0. The number of nitrogens with zero attached hydrogens (tertiary/aromatic N) is 6. The summed E-state index contributed by atoms with van der Waals surface area (Å²) in [6.07, 6.45) is 3.51. The van der Waals surface area contributed by atoms with Crippen molar-refractivity contribution in [2.45, 2.75) is 13.5 Å². The van der Waals surface area contributed by atoms with Gasteiger partial charge in [-0.1, -0.05) is 18.2 Å². The van der Waals surface area contributed by atoms with Crippen molar-refractivity contribution in [3.05, 3.63) is 58.8 Å². The average molecular weight is 407 g/mol. The Balaban J connectivity index is 1.35. The highest BCUT2D eigenvalue weighted by molar-refractivity contribution is 6.04. The third kappa shape index (κ3) is 4.16. The van der Waals surface area contributed by atoms with E-state index in [4.69, 9.17) is 0 Å². The lowest BCUT2D eigenvalue weighted by molar-refractivity contribution is 0.0942. The van der Waals surface area contributed by atoms with Crippen molar-refractivity contribution in [3.63, 3.8) is 0 Å². The quantitative estimate of drug-likeness (QED) is 0.644. The van der Waals surface area contributed by atoms with Gasteiger partial charge in [0.05, 0.1) is 5.39 Å². The van der Waals surface area contributed by atoms with Crippen molar-refractivity contribution in [1.29, 1.82) is 0 Å². The number of carbonyl (C=O) groups is 1. The molecule has 9 heteroatoms. The maximum absolute atomic E-state index is 12.8. The van der Waals surface area contributed by atoms with Crippen LogP contribution in [0.25, 0.3) is 10.8 Å². The second-order valence-electron chi connectivity index (χ2n) is 7.15. The van der Waals surface area contributed by atoms with Crippen molar-refractivity contribution in [1.82, 2.24) is 30.0 Å². The van der Waals surface area contributed by atoms with Crippen molar-refractivity contribution < 1.29 is 4.79 Å². The highest BCUT2D eigenvalue weighted by Gasteiger charge is 2.19. The van der Waals surface area contributed by atoms with E-state index in [1.807, 2.05) is 19.1 Å². The molecule has 0 unspecified atom stereocenters. The third-order valence-corrected chi connectivity index (χ3v) is 5.30. The van der Waals surface area contributed by atoms with Gasteiger partial charge in [-0.25, -0.2) is 14.6 Å². The average Bonchev–Trinajstić information content (AvgIpc) is 2.80. The van der Waals surface area contributed by atoms with Crippen LogP contribution in [0, 0.1) is 0 Å². The molecule has 3 heterocycles. The topological polar surface area (TPSA) is 96.2 Å². The van der Waals surface area contributed by atoms with Crippen molar-refractivity contribution >= 4 is 22.6 Å². The fraction of sp³-hybridized carbons (Fsp3) is 0.381. The normalized spacial score (nSPS) is 14.8. The molecule has 0 atom stereocenters. The van der Waals surface area contributed by atoms with Crippen LogP contribution >= 0.6 is 0 Å². The van der Waals surface area contributed by atoms with Gasteiger partial charge in [-0.15, -0.1) is 0 Å². The van der Waals surface area contributed by atoms with Gasteiger partial charge in [-0.2, -0.15) is 5.10 Å². The summed E-state index contributed by atoms with van der Waals surface area (Å²) in [7, 11) is 0. The van der Waals surface area contributed by atoms with Gasteiger partial charge in [0.15, 0.2) is 5.69 Å². The monoisotopic (exact) mass is 407 g/mol. The summed E-state index contributed by atoms with van der Waals surface area (Å²) in [5, 5.41) is 8.34. The maximum Gasteiger partial charge on any atom is 0.274 e. The second-order valence-corrected chi connectivity index (χ2v) is 7.15. The van der Waals surface area contributed by atoms with Gasteiger partial charge in [0.25, 0.3) is 11.5 Å². The Morgan fingerprint density at radius 1 is 1.03 bits per heavy atom. The van der Waals surface area contributed by atoms with Gasteiger partial charge in [-0.3, -0.25) is 14.5 Å². The number of amides is 1. The fourth-order valence-corrected chi connectivity index (χ4v) is 3.65. The molecule has 1 aliphatic heterocycles. The van der Waals surface area contributed by atoms with Crippen LogP contribution < -0.4 is 15.8 Å². The van der Waals surface area contributed by atoms with E-state index >= 15 is 0 Å². The highest BCUT2D eigenvalue weighted by atomic mass is 16.2. The molecule has 156 valence electrons. The van der Waals surface area contributed by atoms with Crippen LogP contribution in [-0.4, -0.2) is 69.8 Å². The largest absolute Gasteiger partial charge is 0.349 e. The Bertz CT molecular complexity index is 1080. The number of aromatic nitrogens is 4. The summed E-state index contributed by atoms with van der Waals surface area (Å²) in [5.41, 5.74) is 0.114. The third-order valence-electron chi connectivity index (χ3n) is 5.30. The predicted octanol–water partition coefficient (Wildman–Crippen LogP) is 0.758. The van der Waals surface area contributed by atoms with E-state index < -0.39 is 0 Å². The standard InChI is InChI=1S/C21H25N7O2/c1-2-28-20(30)17-7-4-3-6-16(17)18(25-28)19(29)22-10-11-26-12-14-27(15-13-26)21-23-8-5-9-24-21/h3-9H,2,10-15H2,1H3,(H,22,29). The lowest BCUT2D eigenvalue weighted by atomic mass is 10.1. The minimum Gasteiger partial charge on any atom is -0.349 e. The minimum atomic E-state index is -0.260. The van der Waals surface area contributed by atoms with E-state index in [-0.39, 0.29) is 17.2 Å². The van der Waals surface area contributed by atoms with Crippen LogP contribution in [0.1, 0.15) is 17.4 Å². The van der Waals surface area contributed by atoms with E-state index in [1.54, 1.807) is 30.6 Å². The van der Waals surface area contributed by atoms with Gasteiger partial charge in [0.2, 0.25) is 5.95 Å². The van der Waals surface area contributed by atoms with Crippen LogP contribution in [0.3, 0.4) is 0 Å². The van der Waals surface area contributed by atoms with Crippen LogP contribution in [-0.2, 0) is 6.54 Å². The smallest absolute Gasteiger partial charge is 0.274 e. The van der Waals surface area contributed by atoms with Gasteiger partial charge in [-0.05, 0) is 19.1 Å². The summed E-state index contributed by atoms with van der Waals surface area (Å²) in [6.45, 7) is 7.00. The summed E-state index contributed by atoms with van der Waals surface area (Å²) in [6, 6.07) is 8.92. The first-order valence-corrected chi connectivity index (χ1v) is 10.2. The van der Waals surface area contributed by atoms with Crippen LogP contribution in [0.2, 0.25) is 0 Å². The zero-order chi connectivity index (χ0) is 20.9. The van der Waals surface area contributed by atoms with Crippen LogP contribution in [0.4, 0.5) is 5.95 Å². The minimum absolute atomic E-state index is 0.176. The number of fused-ring (bicyclic) bond motifs is 1. The van der Waals surface area contributed by atoms with Gasteiger partial charge < -0.3 is 10.2 Å². The number of carbonyl (C=O) groups excluding carboxylic acids is 1. The first-order chi connectivity index (χ1) is 14.7. The summed E-state index contributed by atoms with van der Waals surface area (Å²) in [5.74, 6) is 0.499. The second kappa shape index (κ2) is 9.00. The van der Waals surface area contributed by atoms with Crippen molar-refractivity contribution in [2.75, 3.05) is 44.2 Å². The number of rotatable bonds is 6. The highest BCUT2D eigenvalue weighted by Crippen LogP contribution is 2.13. The lowest BCUT2D eigenvalue weighted by Gasteiger charge is -2.34. The number of benzene rings is 1. The van der Waals surface area contributed by atoms with E-state index in [0.717, 1.165) is 38.7 Å². The molecule has 0 aliphatic carbocycles. The molecule has 1 fully saturated rings. The molecule has 0 saturated carbocycles. The molecule has 1 saturated heterocycles.